The Morgan fingerprint density at radius 1 is 0.357 bits per heavy atom. The Hall–Kier alpha value is -3.30. The first kappa shape index (κ1) is 31.6. The molecule has 42 heavy (non-hydrogen) atoms. The first-order valence-electron chi connectivity index (χ1n) is 13.3. The van der Waals surface area contributed by atoms with Crippen LogP contribution in [0.1, 0.15) is 0 Å². The van der Waals surface area contributed by atoms with Gasteiger partial charge in [-0.05, 0) is 47.7 Å². The van der Waals surface area contributed by atoms with Crippen LogP contribution in [-0.2, 0) is 21.0 Å². The zero-order valence-corrected chi connectivity index (χ0v) is 27.8. The zero-order chi connectivity index (χ0) is 29.2. The summed E-state index contributed by atoms with van der Waals surface area (Å²) < 4.78 is 1.57. The van der Waals surface area contributed by atoms with Crippen molar-refractivity contribution >= 4 is 61.6 Å². The van der Waals surface area contributed by atoms with E-state index in [1.165, 1.54) is 31.8 Å². The average Bonchev–Trinajstić information content (AvgIpc) is 3.08. The quantitative estimate of drug-likeness (QED) is 0.164. The molecule has 0 radical (unpaired) electrons. The Balaban J connectivity index is 0.000000171. The maximum atomic E-state index is 8.97. The van der Waals surface area contributed by atoms with Crippen LogP contribution < -0.4 is 31.8 Å². The van der Waals surface area contributed by atoms with E-state index in [1.807, 2.05) is 0 Å². The molecule has 0 aromatic heterocycles. The van der Waals surface area contributed by atoms with Gasteiger partial charge in [0.25, 0.3) is 0 Å². The van der Waals surface area contributed by atoms with Crippen LogP contribution in [0.4, 0.5) is 0 Å². The van der Waals surface area contributed by atoms with Crippen molar-refractivity contribution in [2.24, 2.45) is 0 Å². The molecule has 0 spiro atoms. The van der Waals surface area contributed by atoms with Crippen LogP contribution in [0.5, 0.6) is 0 Å². The summed E-state index contributed by atoms with van der Waals surface area (Å²) in [5.41, 5.74) is 0. The first-order chi connectivity index (χ1) is 20.8. The molecule has 0 aliphatic rings. The maximum Gasteiger partial charge on any atom is -0.0134 e. The molecule has 6 aromatic carbocycles. The Morgan fingerprint density at radius 2 is 0.500 bits per heavy atom. The minimum Gasteiger partial charge on any atom is -0.0622 e. The van der Waals surface area contributed by atoms with Crippen LogP contribution in [0.3, 0.4) is 0 Å². The molecule has 6 aromatic rings. The van der Waals surface area contributed by atoms with Crippen molar-refractivity contribution in [2.75, 3.05) is 0 Å². The van der Waals surface area contributed by atoms with E-state index >= 15 is 0 Å². The Morgan fingerprint density at radius 3 is 0.619 bits per heavy atom. The van der Waals surface area contributed by atoms with Crippen molar-refractivity contribution in [2.45, 2.75) is 0 Å². The van der Waals surface area contributed by atoms with Gasteiger partial charge in [0.05, 0.1) is 0 Å². The van der Waals surface area contributed by atoms with E-state index in [-0.39, 0.29) is 0 Å². The van der Waals surface area contributed by atoms with Gasteiger partial charge in [-0.15, -0.1) is 0 Å². The number of carbonyl (C=O) groups excluding carboxylic acids is 1. The monoisotopic (exact) mass is 780 g/mol. The largest absolute Gasteiger partial charge is 0.0622 e. The first-order valence-corrected chi connectivity index (χ1v) is 20.2. The minimum absolute atomic E-state index is 0.446. The normalized spacial score (nSPS) is 10.2. The third-order valence-electron chi connectivity index (χ3n) is 6.11. The van der Waals surface area contributed by atoms with E-state index in [0.29, 0.717) is 0 Å². The second-order valence-electron chi connectivity index (χ2n) is 8.82. The summed E-state index contributed by atoms with van der Waals surface area (Å²) >= 11 is -0.819. The van der Waals surface area contributed by atoms with Gasteiger partial charge in [0.15, 0.2) is 0 Å². The van der Waals surface area contributed by atoms with Gasteiger partial charge in [-0.1, -0.05) is 182 Å². The van der Waals surface area contributed by atoms with E-state index < -0.39 is 32.1 Å². The molecule has 0 unspecified atom stereocenters. The van der Waals surface area contributed by atoms with Gasteiger partial charge in [0.1, 0.15) is 0 Å². The topological polar surface area (TPSA) is 17.1 Å². The summed E-state index contributed by atoms with van der Waals surface area (Å²) in [4.78, 5) is 8.97. The summed E-state index contributed by atoms with van der Waals surface area (Å²) in [5, 5.41) is 8.39. The number of rotatable bonds is 6. The van der Waals surface area contributed by atoms with Crippen molar-refractivity contribution in [3.05, 3.63) is 182 Å². The van der Waals surface area contributed by atoms with Crippen LogP contribution in [0.2, 0.25) is 0 Å². The number of hydrogen-bond acceptors (Lipinski definition) is 1. The van der Waals surface area contributed by atoms with Crippen molar-refractivity contribution in [3.63, 3.8) is 0 Å². The van der Waals surface area contributed by atoms with Gasteiger partial charge in [0.2, 0.25) is 0 Å². The number of hydrogen-bond donors (Lipinski definition) is 0. The molecule has 0 aliphatic heterocycles. The molecule has 1 nitrogen and oxygen atoms in total. The second kappa shape index (κ2) is 18.3. The molecule has 0 bridgehead atoms. The van der Waals surface area contributed by atoms with Crippen molar-refractivity contribution < 1.29 is 21.0 Å². The third kappa shape index (κ3) is 9.63. The molecule has 5 heteroatoms. The van der Waals surface area contributed by atoms with Gasteiger partial charge >= 0.3 is 35.0 Å². The molecule has 0 heterocycles. The maximum absolute atomic E-state index is 8.97. The van der Waals surface area contributed by atoms with Gasteiger partial charge in [-0.3, -0.25) is 0 Å². The van der Waals surface area contributed by atoms with Gasteiger partial charge in [-0.25, -0.2) is 0 Å². The molecular weight excluding hydrogens is 750 g/mol. The summed E-state index contributed by atoms with van der Waals surface area (Å²) in [7, 11) is 4.00. The fraction of sp³-hybridized carbons (Fsp3) is 0. The standard InChI is InChI=1S/2C18H15P.CO.ClH.Ir/c2*1-4-10-16(11-5-1)19(17-12-6-2-7-13-17)18-14-8-3-9-15-18;1-2;;/h2*1-15H;;1H;/q;;;;+1/p-1. The van der Waals surface area contributed by atoms with Gasteiger partial charge in [-0.2, -0.15) is 0 Å². The summed E-state index contributed by atoms with van der Waals surface area (Å²) in [6, 6.07) is 64.7. The SMILES string of the molecule is O=[C]=[Ir][Cl].c1ccc(P(c2ccccc2)c2ccccc2)cc1.c1ccc(P(c2ccccc2)c2ccccc2)cc1. The van der Waals surface area contributed by atoms with E-state index in [2.05, 4.69) is 182 Å². The van der Waals surface area contributed by atoms with Crippen LogP contribution >= 0.6 is 25.4 Å². The molecule has 0 aliphatic carbocycles. The Bertz CT molecular complexity index is 1310. The average molecular weight is 780 g/mol. The fourth-order valence-corrected chi connectivity index (χ4v) is 8.97. The molecule has 0 amide bonds. The van der Waals surface area contributed by atoms with E-state index in [4.69, 9.17) is 14.4 Å². The minimum atomic E-state index is -0.819. The Labute approximate surface area is 263 Å². The number of halogens is 1. The predicted octanol–water partition coefficient (Wildman–Crippen LogP) is 7.18. The summed E-state index contributed by atoms with van der Waals surface area (Å²) in [5.74, 6) is 0. The Kier molecular flexibility index (Phi) is 13.8. The van der Waals surface area contributed by atoms with Crippen LogP contribution in [0.25, 0.3) is 0 Å². The van der Waals surface area contributed by atoms with E-state index in [0.717, 1.165) is 0 Å². The molecule has 0 atom stereocenters. The van der Waals surface area contributed by atoms with Crippen LogP contribution in [-0.4, -0.2) is 4.39 Å². The fourth-order valence-electron chi connectivity index (χ4n) is 4.36. The molecule has 0 saturated carbocycles. The molecule has 0 N–H and O–H groups in total. The molecule has 6 rings (SSSR count). The molecule has 0 fully saturated rings. The smallest absolute Gasteiger partial charge is 0.0134 e. The summed E-state index contributed by atoms with van der Waals surface area (Å²) in [6.45, 7) is 0. The van der Waals surface area contributed by atoms with Crippen LogP contribution in [0.15, 0.2) is 182 Å². The molecule has 210 valence electrons. The zero-order valence-electron chi connectivity index (χ0n) is 22.8. The van der Waals surface area contributed by atoms with Crippen LogP contribution in [0, 0.1) is 0 Å². The number of benzene rings is 6. The van der Waals surface area contributed by atoms with E-state index in [1.54, 1.807) is 4.39 Å². The molecular formula is C37H30ClIrOP2. The third-order valence-corrected chi connectivity index (χ3v) is 11.6. The predicted molar refractivity (Wildman–Crippen MR) is 182 cm³/mol. The van der Waals surface area contributed by atoms with Gasteiger partial charge in [0, 0.05) is 0 Å². The van der Waals surface area contributed by atoms with E-state index in [9.17, 15) is 0 Å². The van der Waals surface area contributed by atoms with Gasteiger partial charge < -0.3 is 0 Å². The van der Waals surface area contributed by atoms with Crippen molar-refractivity contribution in [1.82, 2.24) is 0 Å². The van der Waals surface area contributed by atoms with Crippen molar-refractivity contribution in [3.8, 4) is 0 Å². The molecule has 0 saturated heterocycles. The summed E-state index contributed by atoms with van der Waals surface area (Å²) in [6.07, 6.45) is 0. The van der Waals surface area contributed by atoms with Crippen molar-refractivity contribution in [1.29, 1.82) is 0 Å². The second-order valence-corrected chi connectivity index (χ2v) is 15.2.